The van der Waals surface area contributed by atoms with E-state index >= 15 is 0 Å². The fourth-order valence-corrected chi connectivity index (χ4v) is 2.70. The molecule has 0 saturated heterocycles. The molecule has 1 heterocycles. The Morgan fingerprint density at radius 3 is 2.56 bits per heavy atom. The van der Waals surface area contributed by atoms with Gasteiger partial charge in [-0.2, -0.15) is 0 Å². The van der Waals surface area contributed by atoms with Gasteiger partial charge in [-0.05, 0) is 30.7 Å². The van der Waals surface area contributed by atoms with Crippen LogP contribution in [0.3, 0.4) is 0 Å². The van der Waals surface area contributed by atoms with Crippen molar-refractivity contribution in [3.63, 3.8) is 0 Å². The minimum atomic E-state index is 0.133. The van der Waals surface area contributed by atoms with Crippen molar-refractivity contribution in [1.29, 1.82) is 0 Å². The second-order valence-electron chi connectivity index (χ2n) is 3.52. The van der Waals surface area contributed by atoms with Crippen molar-refractivity contribution in [2.45, 2.75) is 9.79 Å². The number of thioether (sulfide) groups is 2. The molecule has 2 nitrogen and oxygen atoms in total. The van der Waals surface area contributed by atoms with Gasteiger partial charge >= 0.3 is 0 Å². The van der Waals surface area contributed by atoms with Gasteiger partial charge in [-0.25, -0.2) is 0 Å². The summed E-state index contributed by atoms with van der Waals surface area (Å²) >= 11 is 3.18. The maximum Gasteiger partial charge on any atom is 0.202 e. The lowest BCUT2D eigenvalue weighted by atomic mass is 10.2. The van der Waals surface area contributed by atoms with E-state index in [1.165, 1.54) is 16.7 Å². The number of rotatable bonds is 2. The quantitative estimate of drug-likeness (QED) is 0.766. The minimum Gasteiger partial charge on any atom is -0.349 e. The van der Waals surface area contributed by atoms with E-state index in [2.05, 4.69) is 6.07 Å². The van der Waals surface area contributed by atoms with Crippen LogP contribution in [0.1, 0.15) is 0 Å². The zero-order valence-electron chi connectivity index (χ0n) is 9.48. The van der Waals surface area contributed by atoms with E-state index in [0.717, 1.165) is 15.8 Å². The van der Waals surface area contributed by atoms with Gasteiger partial charge in [0.1, 0.15) is 0 Å². The molecule has 2 rings (SSSR count). The third-order valence-electron chi connectivity index (χ3n) is 2.58. The molecular formula is C12H13NOS2. The van der Waals surface area contributed by atoms with Gasteiger partial charge in [0.25, 0.3) is 0 Å². The average Bonchev–Trinajstić information content (AvgIpc) is 2.33. The van der Waals surface area contributed by atoms with Crippen LogP contribution in [0.5, 0.6) is 0 Å². The summed E-state index contributed by atoms with van der Waals surface area (Å²) in [5.41, 5.74) is 1.13. The van der Waals surface area contributed by atoms with Crippen molar-refractivity contribution < 1.29 is 0 Å². The van der Waals surface area contributed by atoms with Crippen LogP contribution in [0.15, 0.2) is 39.0 Å². The predicted molar refractivity (Wildman–Crippen MR) is 72.8 cm³/mol. The third kappa shape index (κ3) is 1.87. The molecule has 84 valence electrons. The van der Waals surface area contributed by atoms with E-state index in [1.54, 1.807) is 11.8 Å². The number of hydrogen-bond donors (Lipinski definition) is 0. The Bertz CT molecular complexity index is 589. The fourth-order valence-electron chi connectivity index (χ4n) is 1.70. The molecule has 0 N–H and O–H groups in total. The van der Waals surface area contributed by atoms with Crippen molar-refractivity contribution in [3.8, 4) is 0 Å². The molecular weight excluding hydrogens is 238 g/mol. The Labute approximate surface area is 103 Å². The Morgan fingerprint density at radius 2 is 1.94 bits per heavy atom. The van der Waals surface area contributed by atoms with Crippen molar-refractivity contribution >= 4 is 34.4 Å². The second kappa shape index (κ2) is 4.55. The first-order valence-corrected chi connectivity index (χ1v) is 7.33. The van der Waals surface area contributed by atoms with E-state index in [9.17, 15) is 4.79 Å². The first-order chi connectivity index (χ1) is 7.67. The minimum absolute atomic E-state index is 0.133. The summed E-state index contributed by atoms with van der Waals surface area (Å²) in [6, 6.07) is 5.98. The molecule has 0 bridgehead atoms. The molecule has 0 aliphatic heterocycles. The first-order valence-electron chi connectivity index (χ1n) is 4.88. The van der Waals surface area contributed by atoms with E-state index in [0.29, 0.717) is 0 Å². The van der Waals surface area contributed by atoms with Crippen LogP contribution in [-0.4, -0.2) is 17.1 Å². The zero-order valence-corrected chi connectivity index (χ0v) is 11.1. The molecule has 0 fully saturated rings. The summed E-state index contributed by atoms with van der Waals surface area (Å²) in [5, 5.41) is 0.798. The maximum atomic E-state index is 12.1. The van der Waals surface area contributed by atoms with Gasteiger partial charge in [0.2, 0.25) is 5.43 Å². The fraction of sp³-hybridized carbons (Fsp3) is 0.250. The van der Waals surface area contributed by atoms with E-state index in [-0.39, 0.29) is 5.43 Å². The highest BCUT2D eigenvalue weighted by Gasteiger charge is 2.06. The molecule has 0 radical (unpaired) electrons. The molecule has 0 amide bonds. The molecule has 4 heteroatoms. The highest BCUT2D eigenvalue weighted by Crippen LogP contribution is 2.21. The van der Waals surface area contributed by atoms with Crippen LogP contribution in [0.25, 0.3) is 10.9 Å². The Hall–Kier alpha value is -0.870. The molecule has 2 aromatic rings. The highest BCUT2D eigenvalue weighted by molar-refractivity contribution is 7.98. The summed E-state index contributed by atoms with van der Waals surface area (Å²) in [5.74, 6) is 0. The summed E-state index contributed by atoms with van der Waals surface area (Å²) in [7, 11) is 1.98. The standard InChI is InChI=1S/C12H13NOS2/c1-13-7-11(16-3)12(14)9-5-4-8(15-2)6-10(9)13/h4-7H,1-3H3. The summed E-state index contributed by atoms with van der Waals surface area (Å²) in [6.45, 7) is 0. The lowest BCUT2D eigenvalue weighted by Gasteiger charge is -2.08. The first kappa shape index (κ1) is 11.6. The van der Waals surface area contributed by atoms with Crippen LogP contribution >= 0.6 is 23.5 Å². The van der Waals surface area contributed by atoms with Crippen LogP contribution in [0.4, 0.5) is 0 Å². The molecule has 0 spiro atoms. The topological polar surface area (TPSA) is 22.0 Å². The van der Waals surface area contributed by atoms with Crippen LogP contribution < -0.4 is 5.43 Å². The van der Waals surface area contributed by atoms with Gasteiger partial charge in [-0.1, -0.05) is 0 Å². The molecule has 0 atom stereocenters. The predicted octanol–water partition coefficient (Wildman–Crippen LogP) is 2.98. The van der Waals surface area contributed by atoms with Gasteiger partial charge in [0.05, 0.1) is 10.4 Å². The van der Waals surface area contributed by atoms with E-state index < -0.39 is 0 Å². The Balaban J connectivity index is 2.84. The largest absolute Gasteiger partial charge is 0.349 e. The van der Waals surface area contributed by atoms with Crippen molar-refractivity contribution in [1.82, 2.24) is 4.57 Å². The number of pyridine rings is 1. The van der Waals surface area contributed by atoms with Gasteiger partial charge < -0.3 is 4.57 Å². The van der Waals surface area contributed by atoms with Gasteiger partial charge in [-0.3, -0.25) is 4.79 Å². The second-order valence-corrected chi connectivity index (χ2v) is 5.25. The number of benzene rings is 1. The molecule has 0 unspecified atom stereocenters. The summed E-state index contributed by atoms with van der Waals surface area (Å²) in [6.07, 6.45) is 5.87. The van der Waals surface area contributed by atoms with E-state index in [4.69, 9.17) is 0 Å². The maximum absolute atomic E-state index is 12.1. The molecule has 1 aromatic heterocycles. The van der Waals surface area contributed by atoms with Crippen molar-refractivity contribution in [3.05, 3.63) is 34.6 Å². The SMILES string of the molecule is CSc1ccc2c(=O)c(SC)cn(C)c2c1. The van der Waals surface area contributed by atoms with Crippen LogP contribution in [0.2, 0.25) is 0 Å². The lowest BCUT2D eigenvalue weighted by Crippen LogP contribution is -2.09. The number of hydrogen-bond acceptors (Lipinski definition) is 3. The van der Waals surface area contributed by atoms with Crippen LogP contribution in [-0.2, 0) is 7.05 Å². The molecule has 16 heavy (non-hydrogen) atoms. The smallest absolute Gasteiger partial charge is 0.202 e. The van der Waals surface area contributed by atoms with Crippen LogP contribution in [0, 0.1) is 0 Å². The van der Waals surface area contributed by atoms with Crippen molar-refractivity contribution in [2.75, 3.05) is 12.5 Å². The number of fused-ring (bicyclic) bond motifs is 1. The number of nitrogens with zero attached hydrogens (tertiary/aromatic N) is 1. The summed E-state index contributed by atoms with van der Waals surface area (Å²) < 4.78 is 2.02. The third-order valence-corrected chi connectivity index (χ3v) is 4.04. The zero-order chi connectivity index (χ0) is 11.7. The monoisotopic (exact) mass is 251 g/mol. The number of aryl methyl sites for hydroxylation is 1. The summed E-state index contributed by atoms with van der Waals surface area (Å²) in [4.78, 5) is 14.0. The number of aromatic nitrogens is 1. The molecule has 0 saturated carbocycles. The lowest BCUT2D eigenvalue weighted by molar-refractivity contribution is 0.922. The molecule has 0 aliphatic rings. The normalized spacial score (nSPS) is 10.9. The highest BCUT2D eigenvalue weighted by atomic mass is 32.2. The molecule has 0 aliphatic carbocycles. The van der Waals surface area contributed by atoms with E-state index in [1.807, 2.05) is 42.5 Å². The van der Waals surface area contributed by atoms with Gasteiger partial charge in [-0.15, -0.1) is 23.5 Å². The average molecular weight is 251 g/mol. The van der Waals surface area contributed by atoms with Gasteiger partial charge in [0.15, 0.2) is 0 Å². The molecule has 1 aromatic carbocycles. The van der Waals surface area contributed by atoms with Gasteiger partial charge in [0, 0.05) is 23.5 Å². The van der Waals surface area contributed by atoms with Crippen molar-refractivity contribution in [2.24, 2.45) is 7.05 Å². The Kier molecular flexibility index (Phi) is 3.30. The Morgan fingerprint density at radius 1 is 1.19 bits per heavy atom.